The van der Waals surface area contributed by atoms with Gasteiger partial charge in [-0.25, -0.2) is 4.98 Å². The molecule has 0 bridgehead atoms. The third kappa shape index (κ3) is 4.36. The monoisotopic (exact) mass is 536 g/mol. The van der Waals surface area contributed by atoms with Crippen LogP contribution in [0.25, 0.3) is 16.6 Å². The molecule has 1 N–H and O–H groups in total. The number of piperazine rings is 1. The van der Waals surface area contributed by atoms with Crippen LogP contribution >= 0.6 is 0 Å². The second-order valence-electron chi connectivity index (χ2n) is 10.6. The lowest BCUT2D eigenvalue weighted by atomic mass is 10.1. The number of ether oxygens (including phenoxy) is 1. The Morgan fingerprint density at radius 3 is 2.45 bits per heavy atom. The first kappa shape index (κ1) is 24.7. The van der Waals surface area contributed by atoms with Crippen molar-refractivity contribution in [1.29, 1.82) is 0 Å². The summed E-state index contributed by atoms with van der Waals surface area (Å²) >= 11 is 0. The fourth-order valence-corrected chi connectivity index (χ4v) is 6.08. The van der Waals surface area contributed by atoms with Gasteiger partial charge in [-0.2, -0.15) is 0 Å². The number of likely N-dealkylation sites (tertiary alicyclic amines) is 1. The molecule has 4 aromatic rings. The summed E-state index contributed by atoms with van der Waals surface area (Å²) in [5.74, 6) is 1.99. The van der Waals surface area contributed by atoms with Gasteiger partial charge in [-0.3, -0.25) is 9.59 Å². The largest absolute Gasteiger partial charge is 0.451 e. The van der Waals surface area contributed by atoms with Gasteiger partial charge in [0.05, 0.1) is 16.8 Å². The predicted octanol–water partition coefficient (Wildman–Crippen LogP) is 3.64. The smallest absolute Gasteiger partial charge is 0.256 e. The van der Waals surface area contributed by atoms with Crippen LogP contribution in [0.4, 0.5) is 11.5 Å². The van der Waals surface area contributed by atoms with Gasteiger partial charge in [0.2, 0.25) is 5.43 Å². The molecule has 40 heavy (non-hydrogen) atoms. The van der Waals surface area contributed by atoms with E-state index < -0.39 is 0 Å². The lowest BCUT2D eigenvalue weighted by molar-refractivity contribution is 0.0948. The van der Waals surface area contributed by atoms with Crippen molar-refractivity contribution in [3.05, 3.63) is 82.8 Å². The van der Waals surface area contributed by atoms with Crippen molar-refractivity contribution < 1.29 is 9.53 Å². The van der Waals surface area contributed by atoms with E-state index >= 15 is 0 Å². The predicted molar refractivity (Wildman–Crippen MR) is 156 cm³/mol. The average molecular weight is 537 g/mol. The van der Waals surface area contributed by atoms with Crippen molar-refractivity contribution >= 4 is 28.3 Å². The van der Waals surface area contributed by atoms with Crippen molar-refractivity contribution in [3.8, 4) is 17.2 Å². The molecule has 204 valence electrons. The van der Waals surface area contributed by atoms with E-state index in [2.05, 4.69) is 25.0 Å². The van der Waals surface area contributed by atoms with E-state index in [0.29, 0.717) is 28.9 Å². The van der Waals surface area contributed by atoms with E-state index in [4.69, 9.17) is 4.74 Å². The lowest BCUT2D eigenvalue weighted by Crippen LogP contribution is -2.47. The highest BCUT2D eigenvalue weighted by Crippen LogP contribution is 2.45. The summed E-state index contributed by atoms with van der Waals surface area (Å²) in [7, 11) is 0. The Morgan fingerprint density at radius 2 is 1.65 bits per heavy atom. The van der Waals surface area contributed by atoms with Crippen LogP contribution < -0.4 is 25.3 Å². The Balaban J connectivity index is 1.23. The third-order valence-electron chi connectivity index (χ3n) is 8.19. The van der Waals surface area contributed by atoms with Crippen LogP contribution in [0, 0.1) is 0 Å². The van der Waals surface area contributed by atoms with E-state index in [1.807, 2.05) is 65.4 Å². The van der Waals surface area contributed by atoms with Crippen LogP contribution in [0.15, 0.2) is 71.8 Å². The van der Waals surface area contributed by atoms with Crippen molar-refractivity contribution in [2.75, 3.05) is 62.2 Å². The molecule has 2 fully saturated rings. The molecule has 5 heterocycles. The van der Waals surface area contributed by atoms with Gasteiger partial charge in [0.25, 0.3) is 5.91 Å². The molecule has 0 radical (unpaired) electrons. The number of benzene rings is 2. The minimum Gasteiger partial charge on any atom is -0.451 e. The van der Waals surface area contributed by atoms with Gasteiger partial charge in [-0.1, -0.05) is 18.2 Å². The van der Waals surface area contributed by atoms with E-state index in [-0.39, 0.29) is 16.9 Å². The minimum absolute atomic E-state index is 0.147. The van der Waals surface area contributed by atoms with Crippen molar-refractivity contribution in [2.45, 2.75) is 12.8 Å². The minimum atomic E-state index is -0.338. The molecule has 1 amide bonds. The molecule has 0 spiro atoms. The summed E-state index contributed by atoms with van der Waals surface area (Å²) in [6, 6.07) is 17.5. The maximum Gasteiger partial charge on any atom is 0.256 e. The molecule has 0 atom stereocenters. The summed E-state index contributed by atoms with van der Waals surface area (Å²) in [6.45, 7) is 6.69. The fraction of sp³-hybridized carbons (Fsp3) is 0.323. The number of fused-ring (bicyclic) bond motifs is 2. The Kier molecular flexibility index (Phi) is 6.36. The maximum atomic E-state index is 13.7. The zero-order chi connectivity index (χ0) is 27.1. The SMILES string of the molecule is O=C(NCCN1CCCC1)c1cn2c3c(c(N4CCN(c5ccccn5)CC4)ccc3c1=O)Oc1ccccc1-2. The molecule has 3 aliphatic rings. The summed E-state index contributed by atoms with van der Waals surface area (Å²) in [4.78, 5) is 38.3. The first-order chi connectivity index (χ1) is 19.7. The van der Waals surface area contributed by atoms with E-state index in [1.165, 1.54) is 12.8 Å². The second-order valence-corrected chi connectivity index (χ2v) is 10.6. The molecule has 2 aromatic carbocycles. The molecule has 0 unspecified atom stereocenters. The van der Waals surface area contributed by atoms with E-state index in [9.17, 15) is 9.59 Å². The van der Waals surface area contributed by atoms with Gasteiger partial charge in [0.15, 0.2) is 11.5 Å². The second kappa shape index (κ2) is 10.3. The summed E-state index contributed by atoms with van der Waals surface area (Å²) < 4.78 is 8.44. The molecule has 0 saturated carbocycles. The number of para-hydroxylation sites is 2. The number of anilines is 2. The summed E-state index contributed by atoms with van der Waals surface area (Å²) in [6.07, 6.45) is 5.91. The molecule has 2 saturated heterocycles. The Labute approximate surface area is 232 Å². The molecule has 3 aliphatic heterocycles. The van der Waals surface area contributed by atoms with Crippen LogP contribution in [0.1, 0.15) is 23.2 Å². The highest BCUT2D eigenvalue weighted by molar-refractivity contribution is 6.01. The van der Waals surface area contributed by atoms with Crippen LogP contribution in [0.5, 0.6) is 11.5 Å². The number of pyridine rings is 2. The molecule has 7 rings (SSSR count). The number of amides is 1. The number of rotatable bonds is 6. The lowest BCUT2D eigenvalue weighted by Gasteiger charge is -2.38. The van der Waals surface area contributed by atoms with Crippen molar-refractivity contribution in [2.24, 2.45) is 0 Å². The number of nitrogens with zero attached hydrogens (tertiary/aromatic N) is 5. The van der Waals surface area contributed by atoms with Gasteiger partial charge in [0, 0.05) is 51.7 Å². The number of hydrogen-bond acceptors (Lipinski definition) is 7. The quantitative estimate of drug-likeness (QED) is 0.355. The van der Waals surface area contributed by atoms with Crippen LogP contribution in [-0.2, 0) is 0 Å². The van der Waals surface area contributed by atoms with Crippen LogP contribution in [-0.4, -0.2) is 72.7 Å². The van der Waals surface area contributed by atoms with Gasteiger partial charge >= 0.3 is 0 Å². The van der Waals surface area contributed by atoms with Crippen molar-refractivity contribution in [3.63, 3.8) is 0 Å². The number of hydrogen-bond donors (Lipinski definition) is 1. The normalized spacial score (nSPS) is 16.6. The fourth-order valence-electron chi connectivity index (χ4n) is 6.08. The zero-order valence-electron chi connectivity index (χ0n) is 22.4. The first-order valence-electron chi connectivity index (χ1n) is 14.1. The van der Waals surface area contributed by atoms with Crippen molar-refractivity contribution in [1.82, 2.24) is 19.8 Å². The highest BCUT2D eigenvalue weighted by atomic mass is 16.5. The highest BCUT2D eigenvalue weighted by Gasteiger charge is 2.29. The van der Waals surface area contributed by atoms with Gasteiger partial charge in [-0.15, -0.1) is 0 Å². The molecule has 9 heteroatoms. The standard InChI is InChI=1S/C31H32N6O3/c38-29-22-10-11-25(35-17-19-36(20-18-35)27-9-3-4-12-32-27)30-28(22)37(24-7-1-2-8-26(24)40-30)21-23(29)31(39)33-13-16-34-14-5-6-15-34/h1-4,7-12,21H,5-6,13-20H2,(H,33,39). The Morgan fingerprint density at radius 1 is 0.875 bits per heavy atom. The van der Waals surface area contributed by atoms with Crippen LogP contribution in [0.2, 0.25) is 0 Å². The molecular weight excluding hydrogens is 504 g/mol. The zero-order valence-corrected chi connectivity index (χ0v) is 22.4. The molecular formula is C31H32N6O3. The van der Waals surface area contributed by atoms with E-state index in [0.717, 1.165) is 63.0 Å². The Bertz CT molecular complexity index is 1620. The summed E-state index contributed by atoms with van der Waals surface area (Å²) in [5.41, 5.74) is 2.32. The van der Waals surface area contributed by atoms with Gasteiger partial charge in [0.1, 0.15) is 16.9 Å². The number of nitrogens with one attached hydrogen (secondary N) is 1. The van der Waals surface area contributed by atoms with Gasteiger partial charge in [-0.05, 0) is 62.3 Å². The molecule has 0 aliphatic carbocycles. The van der Waals surface area contributed by atoms with Gasteiger partial charge < -0.3 is 29.3 Å². The third-order valence-corrected chi connectivity index (χ3v) is 8.19. The number of carbonyl (C=O) groups excluding carboxylic acids is 1. The first-order valence-corrected chi connectivity index (χ1v) is 14.1. The summed E-state index contributed by atoms with van der Waals surface area (Å²) in [5, 5.41) is 3.46. The average Bonchev–Trinajstić information content (AvgIpc) is 3.52. The van der Waals surface area contributed by atoms with Crippen LogP contribution in [0.3, 0.4) is 0 Å². The maximum absolute atomic E-state index is 13.7. The Hall–Kier alpha value is -4.37. The number of aromatic nitrogens is 2. The molecule has 2 aromatic heterocycles. The molecule has 9 nitrogen and oxygen atoms in total. The topological polar surface area (TPSA) is 82.9 Å². The van der Waals surface area contributed by atoms with E-state index in [1.54, 1.807) is 6.20 Å². The number of carbonyl (C=O) groups is 1.